The van der Waals surface area contributed by atoms with Gasteiger partial charge in [-0.15, -0.1) is 22.7 Å². The average Bonchev–Trinajstić information content (AvgIpc) is 3.70. The Labute approximate surface area is 297 Å². The molecule has 11 aromatic rings. The van der Waals surface area contributed by atoms with E-state index in [4.69, 9.17) is 0 Å². The first-order valence-electron chi connectivity index (χ1n) is 17.1. The lowest BCUT2D eigenvalue weighted by molar-refractivity contribution is 1.59. The first kappa shape index (κ1) is 28.1. The van der Waals surface area contributed by atoms with Crippen molar-refractivity contribution in [2.24, 2.45) is 0 Å². The fourth-order valence-corrected chi connectivity index (χ4v) is 10.4. The molecule has 9 aromatic carbocycles. The fourth-order valence-electron chi connectivity index (χ4n) is 7.70. The predicted molar refractivity (Wildman–Crippen MR) is 221 cm³/mol. The Morgan fingerprint density at radius 2 is 0.560 bits per heavy atom. The summed E-state index contributed by atoms with van der Waals surface area (Å²) in [5.74, 6) is 0. The molecule has 0 atom stereocenters. The van der Waals surface area contributed by atoms with Gasteiger partial charge in [-0.25, -0.2) is 0 Å². The summed E-state index contributed by atoms with van der Waals surface area (Å²) < 4.78 is 5.56. The molecule has 0 radical (unpaired) electrons. The highest BCUT2D eigenvalue weighted by atomic mass is 32.1. The maximum atomic E-state index is 2.40. The molecule has 2 aromatic heterocycles. The zero-order chi connectivity index (χ0) is 32.8. The standard InChI is InChI=1S/C48H28S2/c1-2-6-34-22-41-23-37(17-19-39(41)21-33(34)5-1)31-13-9-29(10-14-31)30-11-15-32(16-12-30)38-18-20-40-26-44-46(28-42(40)24-38)50-47-43-25-35-7-3-4-8-36(35)27-45(43)49-48(44)47/h1-28H. The second-order valence-electron chi connectivity index (χ2n) is 13.4. The summed E-state index contributed by atoms with van der Waals surface area (Å²) in [5.41, 5.74) is 7.42. The maximum absolute atomic E-state index is 2.40. The molecular formula is C48H28S2. The number of hydrogen-bond acceptors (Lipinski definition) is 2. The molecule has 2 heterocycles. The summed E-state index contributed by atoms with van der Waals surface area (Å²) in [6.07, 6.45) is 0. The van der Waals surface area contributed by atoms with Crippen LogP contribution in [-0.2, 0) is 0 Å². The highest BCUT2D eigenvalue weighted by molar-refractivity contribution is 7.36. The van der Waals surface area contributed by atoms with Crippen LogP contribution in [-0.4, -0.2) is 0 Å². The average molecular weight is 669 g/mol. The number of hydrogen-bond donors (Lipinski definition) is 0. The van der Waals surface area contributed by atoms with Crippen LogP contribution in [0.3, 0.4) is 0 Å². The highest BCUT2D eigenvalue weighted by Crippen LogP contribution is 2.46. The summed E-state index contributed by atoms with van der Waals surface area (Å²) in [7, 11) is 0. The molecule has 50 heavy (non-hydrogen) atoms. The summed E-state index contributed by atoms with van der Waals surface area (Å²) in [6.45, 7) is 0. The molecule has 0 saturated carbocycles. The lowest BCUT2D eigenvalue weighted by Crippen LogP contribution is -1.83. The number of rotatable bonds is 3. The summed E-state index contributed by atoms with van der Waals surface area (Å²) in [4.78, 5) is 0. The van der Waals surface area contributed by atoms with Crippen molar-refractivity contribution in [1.82, 2.24) is 0 Å². The van der Waals surface area contributed by atoms with E-state index in [0.29, 0.717) is 0 Å². The van der Waals surface area contributed by atoms with Crippen LogP contribution >= 0.6 is 22.7 Å². The van der Waals surface area contributed by atoms with E-state index in [0.717, 1.165) is 0 Å². The van der Waals surface area contributed by atoms with E-state index < -0.39 is 0 Å². The van der Waals surface area contributed by atoms with E-state index in [1.165, 1.54) is 106 Å². The van der Waals surface area contributed by atoms with E-state index in [1.54, 1.807) is 0 Å². The van der Waals surface area contributed by atoms with Crippen molar-refractivity contribution < 1.29 is 0 Å². The third-order valence-corrected chi connectivity index (χ3v) is 12.9. The van der Waals surface area contributed by atoms with Crippen LogP contribution < -0.4 is 0 Å². The van der Waals surface area contributed by atoms with Crippen LogP contribution in [0.2, 0.25) is 0 Å². The topological polar surface area (TPSA) is 0 Å². The van der Waals surface area contributed by atoms with Gasteiger partial charge in [0, 0.05) is 20.2 Å². The van der Waals surface area contributed by atoms with Crippen molar-refractivity contribution in [1.29, 1.82) is 0 Å². The van der Waals surface area contributed by atoms with E-state index >= 15 is 0 Å². The van der Waals surface area contributed by atoms with Gasteiger partial charge in [0.05, 0.1) is 9.40 Å². The molecule has 11 rings (SSSR count). The molecule has 0 N–H and O–H groups in total. The van der Waals surface area contributed by atoms with Crippen LogP contribution in [0.1, 0.15) is 0 Å². The predicted octanol–water partition coefficient (Wildman–Crippen LogP) is 14.9. The third-order valence-electron chi connectivity index (χ3n) is 10.4. The van der Waals surface area contributed by atoms with Gasteiger partial charge in [0.15, 0.2) is 0 Å². The molecule has 2 heteroatoms. The maximum Gasteiger partial charge on any atom is 0.0542 e. The third kappa shape index (κ3) is 4.50. The molecule has 0 bridgehead atoms. The second kappa shape index (κ2) is 10.9. The van der Waals surface area contributed by atoms with Gasteiger partial charge in [-0.3, -0.25) is 0 Å². The Hall–Kier alpha value is -5.80. The Balaban J connectivity index is 0.889. The van der Waals surface area contributed by atoms with Gasteiger partial charge < -0.3 is 0 Å². The van der Waals surface area contributed by atoms with Gasteiger partial charge in [0.25, 0.3) is 0 Å². The monoisotopic (exact) mass is 668 g/mol. The Kier molecular flexibility index (Phi) is 6.09. The Morgan fingerprint density at radius 3 is 1.06 bits per heavy atom. The molecule has 0 unspecified atom stereocenters. The summed E-state index contributed by atoms with van der Waals surface area (Å²) >= 11 is 3.86. The van der Waals surface area contributed by atoms with E-state index in [9.17, 15) is 0 Å². The molecule has 0 aliphatic heterocycles. The van der Waals surface area contributed by atoms with Crippen LogP contribution in [0.25, 0.3) is 106 Å². The molecule has 0 aliphatic carbocycles. The lowest BCUT2D eigenvalue weighted by atomic mass is 9.96. The SMILES string of the molecule is c1ccc2cc3cc(-c4ccc(-c5ccc(-c6ccc7cc8c(cc7c6)sc6c7cc9ccccc9cc7sc86)cc5)cc4)ccc3cc2c1. The smallest absolute Gasteiger partial charge is 0.0542 e. The zero-order valence-electron chi connectivity index (χ0n) is 27.0. The number of thiophene rings is 2. The molecular weight excluding hydrogens is 641 g/mol. The molecule has 0 nitrogen and oxygen atoms in total. The first-order valence-corrected chi connectivity index (χ1v) is 18.7. The molecule has 0 fully saturated rings. The van der Waals surface area contributed by atoms with Crippen LogP contribution in [0.4, 0.5) is 0 Å². The molecule has 0 amide bonds. The van der Waals surface area contributed by atoms with Gasteiger partial charge in [0.2, 0.25) is 0 Å². The lowest BCUT2D eigenvalue weighted by Gasteiger charge is -2.09. The largest absolute Gasteiger partial charge is 0.134 e. The van der Waals surface area contributed by atoms with Crippen LogP contribution in [0.5, 0.6) is 0 Å². The van der Waals surface area contributed by atoms with Crippen molar-refractivity contribution >= 4 is 95.3 Å². The van der Waals surface area contributed by atoms with Gasteiger partial charge >= 0.3 is 0 Å². The highest BCUT2D eigenvalue weighted by Gasteiger charge is 2.14. The van der Waals surface area contributed by atoms with E-state index in [-0.39, 0.29) is 0 Å². The van der Waals surface area contributed by atoms with Crippen LogP contribution in [0, 0.1) is 0 Å². The van der Waals surface area contributed by atoms with Gasteiger partial charge in [-0.1, -0.05) is 121 Å². The summed E-state index contributed by atoms with van der Waals surface area (Å²) in [6, 6.07) is 63.1. The zero-order valence-corrected chi connectivity index (χ0v) is 28.6. The minimum absolute atomic E-state index is 1.23. The number of fused-ring (bicyclic) bond motifs is 9. The molecule has 0 saturated heterocycles. The normalized spacial score (nSPS) is 12.0. The van der Waals surface area contributed by atoms with Crippen molar-refractivity contribution in [2.75, 3.05) is 0 Å². The van der Waals surface area contributed by atoms with Crippen molar-refractivity contribution in [3.8, 4) is 33.4 Å². The van der Waals surface area contributed by atoms with Crippen molar-refractivity contribution in [2.45, 2.75) is 0 Å². The Bertz CT molecular complexity index is 3120. The second-order valence-corrected chi connectivity index (χ2v) is 15.5. The van der Waals surface area contributed by atoms with Crippen LogP contribution in [0.15, 0.2) is 170 Å². The van der Waals surface area contributed by atoms with Gasteiger partial charge in [-0.05, 0) is 125 Å². The van der Waals surface area contributed by atoms with E-state index in [2.05, 4.69) is 170 Å². The van der Waals surface area contributed by atoms with Crippen molar-refractivity contribution in [3.63, 3.8) is 0 Å². The summed E-state index contributed by atoms with van der Waals surface area (Å²) in [5, 5.41) is 13.1. The van der Waals surface area contributed by atoms with Crippen molar-refractivity contribution in [3.05, 3.63) is 170 Å². The quantitative estimate of drug-likeness (QED) is 0.164. The van der Waals surface area contributed by atoms with E-state index in [1.807, 2.05) is 22.7 Å². The molecule has 232 valence electrons. The van der Waals surface area contributed by atoms with Gasteiger partial charge in [-0.2, -0.15) is 0 Å². The molecule has 0 spiro atoms. The molecule has 0 aliphatic rings. The Morgan fingerprint density at radius 1 is 0.240 bits per heavy atom. The first-order chi connectivity index (χ1) is 24.7. The minimum atomic E-state index is 1.23. The van der Waals surface area contributed by atoms with Gasteiger partial charge in [0.1, 0.15) is 0 Å². The number of benzene rings is 9. The minimum Gasteiger partial charge on any atom is -0.134 e. The fraction of sp³-hybridized carbons (Fsp3) is 0.